The molecule has 2 rings (SSSR count). The minimum Gasteiger partial charge on any atom is -0.320 e. The van der Waals surface area contributed by atoms with Crippen molar-refractivity contribution in [1.82, 2.24) is 9.97 Å². The van der Waals surface area contributed by atoms with E-state index in [0.717, 1.165) is 12.1 Å². The average Bonchev–Trinajstić information content (AvgIpc) is 2.37. The van der Waals surface area contributed by atoms with E-state index in [1.165, 1.54) is 18.7 Å². The summed E-state index contributed by atoms with van der Waals surface area (Å²) in [7, 11) is 0. The van der Waals surface area contributed by atoms with Gasteiger partial charge in [0.15, 0.2) is 0 Å². The molecule has 1 atom stereocenters. The predicted molar refractivity (Wildman–Crippen MR) is 59.5 cm³/mol. The number of hydrogen-bond acceptors (Lipinski definition) is 3. The Bertz CT molecular complexity index is 569. The van der Waals surface area contributed by atoms with E-state index < -0.39 is 23.6 Å². The second-order valence-electron chi connectivity index (χ2n) is 3.88. The van der Waals surface area contributed by atoms with E-state index in [0.29, 0.717) is 6.07 Å². The Hall–Kier alpha value is -2.02. The normalized spacial score (nSPS) is 13.3. The van der Waals surface area contributed by atoms with Crippen molar-refractivity contribution in [2.24, 2.45) is 5.73 Å². The molecule has 100 valence electrons. The first-order valence-electron chi connectivity index (χ1n) is 5.26. The third-order valence-corrected chi connectivity index (χ3v) is 2.59. The third kappa shape index (κ3) is 2.87. The second kappa shape index (κ2) is 4.93. The van der Waals surface area contributed by atoms with Gasteiger partial charge in [-0.3, -0.25) is 0 Å². The van der Waals surface area contributed by atoms with Crippen LogP contribution in [0.25, 0.3) is 0 Å². The monoisotopic (exact) mass is 271 g/mol. The van der Waals surface area contributed by atoms with Gasteiger partial charge in [-0.1, -0.05) is 0 Å². The van der Waals surface area contributed by atoms with Crippen LogP contribution in [0.1, 0.15) is 22.7 Å². The van der Waals surface area contributed by atoms with Crippen molar-refractivity contribution < 1.29 is 17.6 Å². The molecule has 2 aromatic rings. The number of nitrogens with two attached hydrogens (primary N) is 1. The summed E-state index contributed by atoms with van der Waals surface area (Å²) in [4.78, 5) is 7.36. The van der Waals surface area contributed by atoms with Crippen molar-refractivity contribution in [2.75, 3.05) is 0 Å². The highest BCUT2D eigenvalue weighted by Crippen LogP contribution is 2.35. The van der Waals surface area contributed by atoms with E-state index in [9.17, 15) is 17.6 Å². The fourth-order valence-corrected chi connectivity index (χ4v) is 1.70. The number of alkyl halides is 3. The molecular weight excluding hydrogens is 262 g/mol. The summed E-state index contributed by atoms with van der Waals surface area (Å²) in [5, 5.41) is 0. The van der Waals surface area contributed by atoms with Gasteiger partial charge in [-0.25, -0.2) is 14.4 Å². The average molecular weight is 271 g/mol. The summed E-state index contributed by atoms with van der Waals surface area (Å²) in [5.74, 6) is -0.782. The summed E-state index contributed by atoms with van der Waals surface area (Å²) >= 11 is 0. The number of aromatic nitrogens is 2. The first-order valence-corrected chi connectivity index (χ1v) is 5.26. The Morgan fingerprint density at radius 3 is 2.32 bits per heavy atom. The predicted octanol–water partition coefficient (Wildman–Crippen LogP) is 2.68. The number of halogens is 4. The Morgan fingerprint density at radius 2 is 1.74 bits per heavy atom. The quantitative estimate of drug-likeness (QED) is 0.854. The van der Waals surface area contributed by atoms with E-state index in [1.54, 1.807) is 0 Å². The van der Waals surface area contributed by atoms with Gasteiger partial charge in [0.05, 0.1) is 11.6 Å². The van der Waals surface area contributed by atoms with Gasteiger partial charge in [0.2, 0.25) is 0 Å². The zero-order valence-corrected chi connectivity index (χ0v) is 9.53. The van der Waals surface area contributed by atoms with Crippen LogP contribution in [-0.4, -0.2) is 9.97 Å². The molecule has 1 heterocycles. The largest absolute Gasteiger partial charge is 0.416 e. The topological polar surface area (TPSA) is 51.8 Å². The smallest absolute Gasteiger partial charge is 0.320 e. The van der Waals surface area contributed by atoms with E-state index in [1.807, 2.05) is 0 Å². The van der Waals surface area contributed by atoms with Crippen molar-refractivity contribution in [1.29, 1.82) is 0 Å². The van der Waals surface area contributed by atoms with Crippen molar-refractivity contribution in [3.63, 3.8) is 0 Å². The Balaban J connectivity index is 2.52. The van der Waals surface area contributed by atoms with Gasteiger partial charge in [-0.15, -0.1) is 0 Å². The van der Waals surface area contributed by atoms with Crippen molar-refractivity contribution >= 4 is 0 Å². The zero-order chi connectivity index (χ0) is 14.0. The maximum absolute atomic E-state index is 13.2. The summed E-state index contributed by atoms with van der Waals surface area (Å²) in [6.07, 6.45) is -0.784. The van der Waals surface area contributed by atoms with Gasteiger partial charge in [0.1, 0.15) is 12.1 Å². The Labute approximate surface area is 106 Å². The Kier molecular flexibility index (Phi) is 3.48. The molecular formula is C12H9F4N3. The molecule has 0 fully saturated rings. The minimum absolute atomic E-state index is 0.276. The van der Waals surface area contributed by atoms with Gasteiger partial charge < -0.3 is 5.73 Å². The van der Waals surface area contributed by atoms with E-state index in [2.05, 4.69) is 9.97 Å². The summed E-state index contributed by atoms with van der Waals surface area (Å²) in [6.45, 7) is 0. The van der Waals surface area contributed by atoms with Crippen LogP contribution in [0.2, 0.25) is 0 Å². The second-order valence-corrected chi connectivity index (χ2v) is 3.88. The molecule has 1 aromatic heterocycles. The number of hydrogen-bond donors (Lipinski definition) is 1. The van der Waals surface area contributed by atoms with Gasteiger partial charge in [0.25, 0.3) is 0 Å². The molecule has 0 saturated carbocycles. The van der Waals surface area contributed by atoms with E-state index in [-0.39, 0.29) is 11.1 Å². The lowest BCUT2D eigenvalue weighted by Crippen LogP contribution is -2.19. The number of nitrogens with zero attached hydrogens (tertiary/aromatic N) is 2. The van der Waals surface area contributed by atoms with Crippen LogP contribution in [0.15, 0.2) is 36.9 Å². The number of rotatable bonds is 2. The van der Waals surface area contributed by atoms with Gasteiger partial charge in [-0.05, 0) is 23.8 Å². The zero-order valence-electron chi connectivity index (χ0n) is 9.53. The lowest BCUT2D eigenvalue weighted by molar-refractivity contribution is -0.138. The minimum atomic E-state index is -4.60. The molecule has 1 aromatic carbocycles. The number of benzene rings is 1. The molecule has 0 bridgehead atoms. The molecule has 19 heavy (non-hydrogen) atoms. The molecule has 0 aliphatic heterocycles. The molecule has 0 aliphatic carbocycles. The van der Waals surface area contributed by atoms with Crippen LogP contribution in [0.4, 0.5) is 17.6 Å². The lowest BCUT2D eigenvalue weighted by atomic mass is 9.96. The van der Waals surface area contributed by atoms with Crippen LogP contribution in [0, 0.1) is 5.82 Å². The molecule has 1 unspecified atom stereocenters. The van der Waals surface area contributed by atoms with Crippen molar-refractivity contribution in [3.05, 3.63) is 59.4 Å². The third-order valence-electron chi connectivity index (χ3n) is 2.59. The maximum Gasteiger partial charge on any atom is 0.416 e. The standard InChI is InChI=1S/C12H9F4N3/c13-8-1-2-10(12(14,15)16)9(3-8)11(17)7-4-18-6-19-5-7/h1-6,11H,17H2. The van der Waals surface area contributed by atoms with Gasteiger partial charge in [-0.2, -0.15) is 13.2 Å². The molecule has 0 radical (unpaired) electrons. The fourth-order valence-electron chi connectivity index (χ4n) is 1.70. The lowest BCUT2D eigenvalue weighted by Gasteiger charge is -2.18. The first-order chi connectivity index (χ1) is 8.89. The Morgan fingerprint density at radius 1 is 1.11 bits per heavy atom. The van der Waals surface area contributed by atoms with Crippen molar-refractivity contribution in [3.8, 4) is 0 Å². The summed E-state index contributed by atoms with van der Waals surface area (Å²) < 4.78 is 51.7. The highest BCUT2D eigenvalue weighted by Gasteiger charge is 2.35. The molecule has 0 aliphatic rings. The van der Waals surface area contributed by atoms with Gasteiger partial charge >= 0.3 is 6.18 Å². The molecule has 7 heteroatoms. The highest BCUT2D eigenvalue weighted by molar-refractivity contribution is 5.37. The van der Waals surface area contributed by atoms with Crippen LogP contribution >= 0.6 is 0 Å². The first kappa shape index (κ1) is 13.4. The van der Waals surface area contributed by atoms with Crippen LogP contribution in [0.3, 0.4) is 0 Å². The van der Waals surface area contributed by atoms with E-state index in [4.69, 9.17) is 5.73 Å². The highest BCUT2D eigenvalue weighted by atomic mass is 19.4. The molecule has 0 saturated heterocycles. The van der Waals surface area contributed by atoms with Crippen LogP contribution < -0.4 is 5.73 Å². The van der Waals surface area contributed by atoms with Crippen molar-refractivity contribution in [2.45, 2.75) is 12.2 Å². The van der Waals surface area contributed by atoms with Crippen LogP contribution in [0.5, 0.6) is 0 Å². The SMILES string of the molecule is NC(c1cncnc1)c1cc(F)ccc1C(F)(F)F. The molecule has 3 nitrogen and oxygen atoms in total. The van der Waals surface area contributed by atoms with Gasteiger partial charge in [0, 0.05) is 18.0 Å². The molecule has 0 amide bonds. The fraction of sp³-hybridized carbons (Fsp3) is 0.167. The molecule has 0 spiro atoms. The summed E-state index contributed by atoms with van der Waals surface area (Å²) in [6, 6.07) is 1.06. The van der Waals surface area contributed by atoms with E-state index >= 15 is 0 Å². The molecule has 2 N–H and O–H groups in total. The summed E-state index contributed by atoms with van der Waals surface area (Å²) in [5.41, 5.74) is 4.70. The maximum atomic E-state index is 13.2. The van der Waals surface area contributed by atoms with Crippen LogP contribution in [-0.2, 0) is 6.18 Å².